The van der Waals surface area contributed by atoms with Crippen molar-refractivity contribution >= 4 is 11.9 Å². The van der Waals surface area contributed by atoms with Crippen LogP contribution in [0.5, 0.6) is 0 Å². The lowest BCUT2D eigenvalue weighted by Gasteiger charge is -2.25. The van der Waals surface area contributed by atoms with Gasteiger partial charge in [0.2, 0.25) is 5.91 Å². The summed E-state index contributed by atoms with van der Waals surface area (Å²) in [5.74, 6) is -1.35. The third kappa shape index (κ3) is 5.59. The van der Waals surface area contributed by atoms with Crippen molar-refractivity contribution < 1.29 is 19.4 Å². The number of carboxylic acid groups (broad SMARTS) is 1. The first-order valence-electron chi connectivity index (χ1n) is 7.16. The summed E-state index contributed by atoms with van der Waals surface area (Å²) in [7, 11) is 0. The van der Waals surface area contributed by atoms with E-state index in [-0.39, 0.29) is 18.6 Å². The molecular weight excluding hydrogens is 246 g/mol. The Kier molecular flexibility index (Phi) is 6.84. The number of ether oxygens (including phenoxy) is 1. The molecule has 0 saturated carbocycles. The Hall–Kier alpha value is -1.10. The van der Waals surface area contributed by atoms with E-state index in [9.17, 15) is 9.59 Å². The van der Waals surface area contributed by atoms with Gasteiger partial charge in [0.15, 0.2) is 0 Å². The van der Waals surface area contributed by atoms with Gasteiger partial charge < -0.3 is 14.7 Å². The molecule has 1 aliphatic heterocycles. The molecule has 5 nitrogen and oxygen atoms in total. The molecule has 1 fully saturated rings. The average molecular weight is 271 g/mol. The second-order valence-electron chi connectivity index (χ2n) is 5.20. The summed E-state index contributed by atoms with van der Waals surface area (Å²) in [5, 5.41) is 8.88. The highest BCUT2D eigenvalue weighted by molar-refractivity contribution is 5.77. The quantitative estimate of drug-likeness (QED) is 0.768. The molecule has 1 amide bonds. The van der Waals surface area contributed by atoms with E-state index < -0.39 is 11.9 Å². The molecule has 0 aromatic heterocycles. The lowest BCUT2D eigenvalue weighted by atomic mass is 10.0. The fraction of sp³-hybridized carbons (Fsp3) is 0.857. The summed E-state index contributed by atoms with van der Waals surface area (Å²) in [5.41, 5.74) is 0. The monoisotopic (exact) mass is 271 g/mol. The zero-order valence-electron chi connectivity index (χ0n) is 11.9. The number of carbonyl (C=O) groups is 2. The molecule has 110 valence electrons. The van der Waals surface area contributed by atoms with Crippen molar-refractivity contribution in [1.82, 2.24) is 4.90 Å². The Labute approximate surface area is 114 Å². The minimum Gasteiger partial charge on any atom is -0.481 e. The maximum atomic E-state index is 12.1. The summed E-state index contributed by atoms with van der Waals surface area (Å²) in [4.78, 5) is 24.5. The van der Waals surface area contributed by atoms with Gasteiger partial charge in [0.05, 0.1) is 12.0 Å². The molecule has 0 spiro atoms. The third-order valence-electron chi connectivity index (χ3n) is 3.60. The lowest BCUT2D eigenvalue weighted by molar-refractivity contribution is -0.143. The maximum Gasteiger partial charge on any atom is 0.308 e. The second kappa shape index (κ2) is 8.15. The predicted octanol–water partition coefficient (Wildman–Crippen LogP) is 1.90. The van der Waals surface area contributed by atoms with Gasteiger partial charge in [-0.05, 0) is 32.6 Å². The number of amides is 1. The number of hydrogen-bond donors (Lipinski definition) is 1. The molecular formula is C14H25NO4. The zero-order valence-corrected chi connectivity index (χ0v) is 11.9. The van der Waals surface area contributed by atoms with E-state index >= 15 is 0 Å². The smallest absolute Gasteiger partial charge is 0.308 e. The lowest BCUT2D eigenvalue weighted by Crippen LogP contribution is -2.37. The first kappa shape index (κ1) is 16.0. The van der Waals surface area contributed by atoms with Crippen LogP contribution in [0.15, 0.2) is 0 Å². The number of rotatable bonds is 7. The molecule has 0 aromatic carbocycles. The fourth-order valence-electron chi connectivity index (χ4n) is 2.29. The van der Waals surface area contributed by atoms with E-state index in [1.54, 1.807) is 11.8 Å². The molecule has 2 unspecified atom stereocenters. The maximum absolute atomic E-state index is 12.1. The summed E-state index contributed by atoms with van der Waals surface area (Å²) < 4.78 is 5.60. The van der Waals surface area contributed by atoms with Gasteiger partial charge in [-0.3, -0.25) is 9.59 Å². The molecule has 2 atom stereocenters. The molecule has 0 radical (unpaired) electrons. The molecule has 0 aliphatic carbocycles. The van der Waals surface area contributed by atoms with Crippen LogP contribution in [0.4, 0.5) is 0 Å². The zero-order chi connectivity index (χ0) is 14.3. The predicted molar refractivity (Wildman–Crippen MR) is 71.9 cm³/mol. The Morgan fingerprint density at radius 3 is 2.68 bits per heavy atom. The normalized spacial score (nSPS) is 20.8. The van der Waals surface area contributed by atoms with Crippen LogP contribution >= 0.6 is 0 Å². The Morgan fingerprint density at radius 1 is 1.42 bits per heavy atom. The Bertz CT molecular complexity index is 300. The first-order valence-corrected chi connectivity index (χ1v) is 7.16. The number of hydrogen-bond acceptors (Lipinski definition) is 3. The van der Waals surface area contributed by atoms with Gasteiger partial charge in [-0.25, -0.2) is 0 Å². The molecule has 19 heavy (non-hydrogen) atoms. The standard InChI is InChI=1S/C14H25NO4/c1-3-15(10-11(2)14(17)18)13(16)8-7-12-6-4-5-9-19-12/h11-12H,3-10H2,1-2H3,(H,17,18). The minimum absolute atomic E-state index is 0.0322. The number of carbonyl (C=O) groups excluding carboxylic acids is 1. The van der Waals surface area contributed by atoms with Crippen molar-refractivity contribution in [2.24, 2.45) is 5.92 Å². The van der Waals surface area contributed by atoms with Gasteiger partial charge in [-0.15, -0.1) is 0 Å². The van der Waals surface area contributed by atoms with Gasteiger partial charge in [-0.2, -0.15) is 0 Å². The summed E-state index contributed by atoms with van der Waals surface area (Å²) in [6.07, 6.45) is 4.72. The van der Waals surface area contributed by atoms with Crippen LogP contribution < -0.4 is 0 Å². The van der Waals surface area contributed by atoms with Gasteiger partial charge in [0.1, 0.15) is 0 Å². The van der Waals surface area contributed by atoms with E-state index in [1.807, 2.05) is 6.92 Å². The average Bonchev–Trinajstić information content (AvgIpc) is 2.42. The molecule has 1 rings (SSSR count). The van der Waals surface area contributed by atoms with Crippen LogP contribution in [-0.2, 0) is 14.3 Å². The third-order valence-corrected chi connectivity index (χ3v) is 3.60. The van der Waals surface area contributed by atoms with Crippen LogP contribution in [0, 0.1) is 5.92 Å². The molecule has 0 aromatic rings. The molecule has 1 heterocycles. The number of carboxylic acids is 1. The van der Waals surface area contributed by atoms with Crippen LogP contribution in [0.25, 0.3) is 0 Å². The largest absolute Gasteiger partial charge is 0.481 e. The van der Waals surface area contributed by atoms with Crippen molar-refractivity contribution in [2.45, 2.75) is 52.1 Å². The molecule has 5 heteroatoms. The topological polar surface area (TPSA) is 66.8 Å². The number of aliphatic carboxylic acids is 1. The highest BCUT2D eigenvalue weighted by Gasteiger charge is 2.21. The van der Waals surface area contributed by atoms with Crippen molar-refractivity contribution in [2.75, 3.05) is 19.7 Å². The summed E-state index contributed by atoms with van der Waals surface area (Å²) >= 11 is 0. The first-order chi connectivity index (χ1) is 9.04. The van der Waals surface area contributed by atoms with Gasteiger partial charge in [0.25, 0.3) is 0 Å². The summed E-state index contributed by atoms with van der Waals surface area (Å²) in [6.45, 7) is 5.15. The van der Waals surface area contributed by atoms with Crippen molar-refractivity contribution in [3.8, 4) is 0 Å². The van der Waals surface area contributed by atoms with E-state index in [1.165, 1.54) is 6.42 Å². The van der Waals surface area contributed by atoms with Crippen molar-refractivity contribution in [3.63, 3.8) is 0 Å². The van der Waals surface area contributed by atoms with E-state index in [0.29, 0.717) is 13.0 Å². The molecule has 1 N–H and O–H groups in total. The fourth-order valence-corrected chi connectivity index (χ4v) is 2.29. The van der Waals surface area contributed by atoms with Crippen molar-refractivity contribution in [1.29, 1.82) is 0 Å². The highest BCUT2D eigenvalue weighted by Crippen LogP contribution is 2.17. The molecule has 0 bridgehead atoms. The van der Waals surface area contributed by atoms with Gasteiger partial charge in [0, 0.05) is 26.1 Å². The van der Waals surface area contributed by atoms with Crippen LogP contribution in [-0.4, -0.2) is 47.7 Å². The SMILES string of the molecule is CCN(CC(C)C(=O)O)C(=O)CCC1CCCCO1. The van der Waals surface area contributed by atoms with Crippen LogP contribution in [0.3, 0.4) is 0 Å². The summed E-state index contributed by atoms with van der Waals surface area (Å²) in [6, 6.07) is 0. The van der Waals surface area contributed by atoms with E-state index in [2.05, 4.69) is 0 Å². The number of nitrogens with zero attached hydrogens (tertiary/aromatic N) is 1. The molecule has 1 aliphatic rings. The van der Waals surface area contributed by atoms with E-state index in [0.717, 1.165) is 25.9 Å². The Balaban J connectivity index is 2.34. The highest BCUT2D eigenvalue weighted by atomic mass is 16.5. The van der Waals surface area contributed by atoms with E-state index in [4.69, 9.17) is 9.84 Å². The van der Waals surface area contributed by atoms with Gasteiger partial charge >= 0.3 is 5.97 Å². The minimum atomic E-state index is -0.859. The molecule has 1 saturated heterocycles. The Morgan fingerprint density at radius 2 is 2.16 bits per heavy atom. The van der Waals surface area contributed by atoms with Crippen LogP contribution in [0.1, 0.15) is 46.0 Å². The van der Waals surface area contributed by atoms with Gasteiger partial charge in [-0.1, -0.05) is 6.92 Å². The second-order valence-corrected chi connectivity index (χ2v) is 5.20. The van der Waals surface area contributed by atoms with Crippen LogP contribution in [0.2, 0.25) is 0 Å². The van der Waals surface area contributed by atoms with Crippen molar-refractivity contribution in [3.05, 3.63) is 0 Å².